The van der Waals surface area contributed by atoms with Crippen molar-refractivity contribution in [3.8, 4) is 0 Å². The van der Waals surface area contributed by atoms with Gasteiger partial charge in [-0.3, -0.25) is 4.90 Å². The number of para-hydroxylation sites is 1. The zero-order valence-electron chi connectivity index (χ0n) is 38.3. The fourth-order valence-electron chi connectivity index (χ4n) is 10.8. The number of aryl methyl sites for hydroxylation is 4. The van der Waals surface area contributed by atoms with Crippen molar-refractivity contribution in [3.63, 3.8) is 0 Å². The van der Waals surface area contributed by atoms with E-state index in [9.17, 15) is 0 Å². The topological polar surface area (TPSA) is 39.9 Å². The molecule has 10 rings (SSSR count). The summed E-state index contributed by atoms with van der Waals surface area (Å²) >= 11 is 0. The highest BCUT2D eigenvalue weighted by Gasteiger charge is 2.54. The summed E-state index contributed by atoms with van der Waals surface area (Å²) in [5.41, 5.74) is 18.9. The van der Waals surface area contributed by atoms with Crippen LogP contribution in [0.2, 0.25) is 0 Å². The third kappa shape index (κ3) is 5.80. The molecule has 2 amide bonds. The van der Waals surface area contributed by atoms with Crippen LogP contribution in [0.1, 0.15) is 88.8 Å². The van der Waals surface area contributed by atoms with Crippen LogP contribution in [0.15, 0.2) is 142 Å². The molecule has 3 aliphatic rings. The van der Waals surface area contributed by atoms with Crippen molar-refractivity contribution in [2.24, 2.45) is 0 Å². The maximum atomic E-state index is 16.2. The van der Waals surface area contributed by atoms with Crippen molar-refractivity contribution in [1.82, 2.24) is 0 Å². The standard InChI is InChI=1S/C55H55B2N3O2/c1-32-17-15-18-33(2)46(32)56-36(5)51-58(40-27-23-38(24-28-40)54(7,8)9)53(61)59(41-29-25-39(26-30-41)55(10,11)12)52-37(6)57(47-34(3)19-16-20-35(47)4)48-49(60(51)52)44(56)31-43-42-21-13-14-22-45(42)62-50(43)48/h13-31H,1-12H3. The second kappa shape index (κ2) is 13.9. The number of amides is 2. The summed E-state index contributed by atoms with van der Waals surface area (Å²) in [6, 6.07) is 41.3. The molecule has 0 aliphatic carbocycles. The molecular formula is C55H55B2N3O2. The number of nitrogens with zero attached hydrogens (tertiary/aromatic N) is 3. The van der Waals surface area contributed by atoms with Crippen LogP contribution in [0.4, 0.5) is 21.9 Å². The van der Waals surface area contributed by atoms with E-state index in [1.54, 1.807) is 0 Å². The summed E-state index contributed by atoms with van der Waals surface area (Å²) in [5, 5.41) is 2.23. The van der Waals surface area contributed by atoms with Crippen molar-refractivity contribution in [2.75, 3.05) is 14.7 Å². The molecule has 6 aromatic carbocycles. The van der Waals surface area contributed by atoms with Crippen LogP contribution in [0.5, 0.6) is 0 Å². The van der Waals surface area contributed by atoms with E-state index in [0.717, 1.165) is 67.1 Å². The van der Waals surface area contributed by atoms with Gasteiger partial charge in [-0.15, -0.1) is 0 Å². The minimum Gasteiger partial charge on any atom is -0.457 e. The van der Waals surface area contributed by atoms with E-state index in [0.29, 0.717) is 0 Å². The maximum Gasteiger partial charge on any atom is 0.340 e. The highest BCUT2D eigenvalue weighted by molar-refractivity contribution is 6.98. The van der Waals surface area contributed by atoms with Crippen LogP contribution in [-0.2, 0) is 10.8 Å². The fraction of sp³-hybridized carbons (Fsp3) is 0.255. The minimum absolute atomic E-state index is 0.0485. The lowest BCUT2D eigenvalue weighted by Crippen LogP contribution is -2.68. The molecule has 1 fully saturated rings. The van der Waals surface area contributed by atoms with Crippen LogP contribution < -0.4 is 36.6 Å². The Morgan fingerprint density at radius 2 is 0.935 bits per heavy atom. The first-order valence-electron chi connectivity index (χ1n) is 22.1. The van der Waals surface area contributed by atoms with E-state index < -0.39 is 0 Å². The number of rotatable bonds is 4. The summed E-state index contributed by atoms with van der Waals surface area (Å²) < 4.78 is 7.11. The van der Waals surface area contributed by atoms with Crippen molar-refractivity contribution in [1.29, 1.82) is 0 Å². The SMILES string of the molecule is CC1=C2N(c3ccc(C(C)(C)C)cc3)C(=O)N(c3ccc(C(C)(C)C)cc3)C3=C(C)B(c4c(C)cccc4C)c4c(c(cc5c4oc4ccccc45)B1c1c(C)cccc1C)N23. The van der Waals surface area contributed by atoms with Crippen molar-refractivity contribution in [3.05, 3.63) is 171 Å². The first-order chi connectivity index (χ1) is 29.5. The van der Waals surface area contributed by atoms with Gasteiger partial charge < -0.3 is 4.42 Å². The Hall–Kier alpha value is -6.20. The quantitative estimate of drug-likeness (QED) is 0.166. The lowest BCUT2D eigenvalue weighted by Gasteiger charge is -2.54. The minimum atomic E-state index is -0.208. The zero-order chi connectivity index (χ0) is 43.7. The van der Waals surface area contributed by atoms with E-state index >= 15 is 4.79 Å². The van der Waals surface area contributed by atoms with Crippen molar-refractivity contribution in [2.45, 2.75) is 93.9 Å². The molecule has 5 nitrogen and oxygen atoms in total. The van der Waals surface area contributed by atoms with E-state index in [1.807, 2.05) is 9.80 Å². The van der Waals surface area contributed by atoms with Crippen LogP contribution in [0, 0.1) is 27.7 Å². The Balaban J connectivity index is 1.39. The van der Waals surface area contributed by atoms with Crippen molar-refractivity contribution >= 4 is 80.3 Å². The van der Waals surface area contributed by atoms with Crippen LogP contribution >= 0.6 is 0 Å². The van der Waals surface area contributed by atoms with Crippen molar-refractivity contribution < 1.29 is 9.21 Å². The lowest BCUT2D eigenvalue weighted by molar-refractivity contribution is 0.252. The Labute approximate surface area is 367 Å². The summed E-state index contributed by atoms with van der Waals surface area (Å²) in [7, 11) is 0. The van der Waals surface area contributed by atoms with Gasteiger partial charge in [0.05, 0.1) is 11.4 Å². The van der Waals surface area contributed by atoms with Crippen LogP contribution in [0.3, 0.4) is 0 Å². The Morgan fingerprint density at radius 3 is 1.42 bits per heavy atom. The van der Waals surface area contributed by atoms with Gasteiger partial charge in [-0.25, -0.2) is 14.6 Å². The summed E-state index contributed by atoms with van der Waals surface area (Å²) in [5.74, 6) is 1.76. The molecule has 308 valence electrons. The van der Waals surface area contributed by atoms with Gasteiger partial charge in [0, 0.05) is 16.5 Å². The molecule has 0 N–H and O–H groups in total. The molecule has 7 heteroatoms. The predicted octanol–water partition coefficient (Wildman–Crippen LogP) is 11.2. The summed E-state index contributed by atoms with van der Waals surface area (Å²) in [4.78, 5) is 22.6. The van der Waals surface area contributed by atoms with Gasteiger partial charge >= 0.3 is 6.03 Å². The number of furan rings is 1. The molecule has 62 heavy (non-hydrogen) atoms. The van der Waals surface area contributed by atoms with E-state index in [1.165, 1.54) is 49.8 Å². The average Bonchev–Trinajstić information content (AvgIpc) is 3.60. The molecule has 4 heterocycles. The molecule has 0 bridgehead atoms. The normalized spacial score (nSPS) is 15.5. The molecule has 7 aromatic rings. The third-order valence-corrected chi connectivity index (χ3v) is 14.0. The number of benzene rings is 6. The molecule has 0 spiro atoms. The Kier molecular flexibility index (Phi) is 8.95. The largest absolute Gasteiger partial charge is 0.457 e. The van der Waals surface area contributed by atoms with Gasteiger partial charge in [-0.1, -0.05) is 171 Å². The second-order valence-corrected chi connectivity index (χ2v) is 20.1. The van der Waals surface area contributed by atoms with Gasteiger partial charge in [0.1, 0.15) is 22.8 Å². The van der Waals surface area contributed by atoms with E-state index in [4.69, 9.17) is 4.42 Å². The van der Waals surface area contributed by atoms with Crippen LogP contribution in [-0.4, -0.2) is 19.5 Å². The maximum absolute atomic E-state index is 16.2. The molecule has 0 saturated carbocycles. The van der Waals surface area contributed by atoms with Gasteiger partial charge in [0.2, 0.25) is 13.4 Å². The monoisotopic (exact) mass is 811 g/mol. The van der Waals surface area contributed by atoms with Gasteiger partial charge in [-0.2, -0.15) is 0 Å². The number of fused-ring (bicyclic) bond motifs is 4. The highest BCUT2D eigenvalue weighted by atomic mass is 16.3. The van der Waals surface area contributed by atoms with Gasteiger partial charge in [-0.05, 0) is 105 Å². The highest BCUT2D eigenvalue weighted by Crippen LogP contribution is 2.48. The first-order valence-corrected chi connectivity index (χ1v) is 22.1. The number of carbonyl (C=O) groups is 1. The molecular weight excluding hydrogens is 756 g/mol. The lowest BCUT2D eigenvalue weighted by atomic mass is 9.29. The van der Waals surface area contributed by atoms with Crippen LogP contribution in [0.25, 0.3) is 21.9 Å². The molecule has 0 radical (unpaired) electrons. The number of carbonyl (C=O) groups excluding carboxylic acids is 1. The first kappa shape index (κ1) is 39.9. The molecule has 3 aliphatic heterocycles. The zero-order valence-corrected chi connectivity index (χ0v) is 38.3. The number of urea groups is 1. The van der Waals surface area contributed by atoms with E-state index in [2.05, 4.69) is 203 Å². The number of anilines is 3. The third-order valence-electron chi connectivity index (χ3n) is 14.0. The number of hydrogen-bond acceptors (Lipinski definition) is 3. The Morgan fingerprint density at radius 1 is 0.484 bits per heavy atom. The second-order valence-electron chi connectivity index (χ2n) is 20.1. The number of hydrogen-bond donors (Lipinski definition) is 0. The fourth-order valence-corrected chi connectivity index (χ4v) is 10.8. The summed E-state index contributed by atoms with van der Waals surface area (Å²) in [6.45, 7) is 26.5. The smallest absolute Gasteiger partial charge is 0.340 e. The molecule has 0 atom stereocenters. The Bertz CT molecular complexity index is 3050. The number of allylic oxidation sites excluding steroid dienone is 2. The average molecular weight is 812 g/mol. The predicted molar refractivity (Wildman–Crippen MR) is 264 cm³/mol. The summed E-state index contributed by atoms with van der Waals surface area (Å²) in [6.07, 6.45) is 0. The molecule has 1 aromatic heterocycles. The van der Waals surface area contributed by atoms with E-state index in [-0.39, 0.29) is 30.3 Å². The van der Waals surface area contributed by atoms with Gasteiger partial charge in [0.15, 0.2) is 0 Å². The van der Waals surface area contributed by atoms with Gasteiger partial charge in [0.25, 0.3) is 0 Å². The molecule has 0 unspecified atom stereocenters. The molecule has 1 saturated heterocycles.